The third-order valence-electron chi connectivity index (χ3n) is 5.12. The van der Waals surface area contributed by atoms with Crippen LogP contribution < -0.4 is 10.6 Å². The molecular weight excluding hydrogens is 387 g/mol. The molecule has 0 bridgehead atoms. The zero-order chi connectivity index (χ0) is 21.5. The number of fused-ring (bicyclic) bond motifs is 1. The summed E-state index contributed by atoms with van der Waals surface area (Å²) in [5.74, 6) is -0.606. The van der Waals surface area contributed by atoms with Crippen LogP contribution in [0.15, 0.2) is 54.3 Å². The molecule has 2 aliphatic rings. The summed E-state index contributed by atoms with van der Waals surface area (Å²) in [5, 5.41) is 14.1. The highest BCUT2D eigenvalue weighted by Gasteiger charge is 2.38. The number of nitrogens with one attached hydrogen (secondary N) is 2. The molecule has 6 nitrogen and oxygen atoms in total. The maximum Gasteiger partial charge on any atom is 0.260 e. The number of hydrogen-bond donors (Lipinski definition) is 3. The predicted octanol–water partition coefficient (Wildman–Crippen LogP) is 3.10. The molecule has 0 radical (unpaired) electrons. The highest BCUT2D eigenvalue weighted by Crippen LogP contribution is 2.44. The lowest BCUT2D eigenvalue weighted by Gasteiger charge is -2.23. The molecule has 3 N–H and O–H groups in total. The lowest BCUT2D eigenvalue weighted by Crippen LogP contribution is -2.26. The van der Waals surface area contributed by atoms with E-state index in [1.807, 2.05) is 32.1 Å². The number of rotatable bonds is 4. The van der Waals surface area contributed by atoms with Gasteiger partial charge in [-0.3, -0.25) is 9.59 Å². The molecule has 4 rings (SSSR count). The fraction of sp³-hybridized carbons (Fsp3) is 0.217. The lowest BCUT2D eigenvalue weighted by atomic mass is 9.91. The summed E-state index contributed by atoms with van der Waals surface area (Å²) < 4.78 is 19.6. The number of hydrogen-bond acceptors (Lipinski definition) is 4. The first-order valence-corrected chi connectivity index (χ1v) is 9.56. The molecule has 0 fully saturated rings. The monoisotopic (exact) mass is 408 g/mol. The number of aliphatic hydroxyl groups excluding tert-OH is 1. The maximum atomic E-state index is 13.5. The van der Waals surface area contributed by atoms with Crippen LogP contribution in [0.4, 0.5) is 10.1 Å². The van der Waals surface area contributed by atoms with Crippen molar-refractivity contribution in [2.45, 2.75) is 19.4 Å². The molecule has 0 atom stereocenters. The zero-order valence-corrected chi connectivity index (χ0v) is 16.6. The van der Waals surface area contributed by atoms with Crippen LogP contribution in [0.5, 0.6) is 0 Å². The summed E-state index contributed by atoms with van der Waals surface area (Å²) >= 11 is 0. The van der Waals surface area contributed by atoms with E-state index < -0.39 is 11.4 Å². The fourth-order valence-electron chi connectivity index (χ4n) is 3.68. The van der Waals surface area contributed by atoms with Crippen LogP contribution in [0.1, 0.15) is 35.3 Å². The highest BCUT2D eigenvalue weighted by molar-refractivity contribution is 6.32. The quantitative estimate of drug-likeness (QED) is 0.679. The fourth-order valence-corrected chi connectivity index (χ4v) is 3.68. The van der Waals surface area contributed by atoms with Gasteiger partial charge < -0.3 is 20.5 Å². The van der Waals surface area contributed by atoms with Crippen LogP contribution in [0, 0.1) is 5.82 Å². The minimum atomic E-state index is -0.702. The van der Waals surface area contributed by atoms with E-state index in [1.54, 1.807) is 18.2 Å². The van der Waals surface area contributed by atoms with Gasteiger partial charge >= 0.3 is 0 Å². The van der Waals surface area contributed by atoms with Crippen molar-refractivity contribution in [2.75, 3.05) is 18.5 Å². The van der Waals surface area contributed by atoms with E-state index in [9.17, 15) is 14.0 Å². The maximum absolute atomic E-state index is 13.5. The molecule has 2 aromatic rings. The zero-order valence-electron chi connectivity index (χ0n) is 16.6. The number of amides is 2. The van der Waals surface area contributed by atoms with Gasteiger partial charge in [0.15, 0.2) is 0 Å². The van der Waals surface area contributed by atoms with Gasteiger partial charge in [0.1, 0.15) is 17.2 Å². The smallest absolute Gasteiger partial charge is 0.260 e. The molecule has 2 amide bonds. The Labute approximate surface area is 173 Å². The molecule has 2 aliphatic heterocycles. The Balaban J connectivity index is 1.70. The van der Waals surface area contributed by atoms with E-state index in [4.69, 9.17) is 9.84 Å². The SMILES string of the molecule is CC1(C)OC(=C2C(=O)Nc3cc(F)ccc32)C=C1c1ccc(C(=O)NCCO)cc1. The molecule has 0 unspecified atom stereocenters. The van der Waals surface area contributed by atoms with Crippen LogP contribution in [0.25, 0.3) is 11.1 Å². The Hall–Kier alpha value is -3.45. The van der Waals surface area contributed by atoms with E-state index in [0.717, 1.165) is 11.1 Å². The third kappa shape index (κ3) is 3.48. The number of allylic oxidation sites excluding steroid dienone is 1. The largest absolute Gasteiger partial charge is 0.482 e. The molecule has 0 saturated carbocycles. The standard InChI is InChI=1S/C23H21FN2O4/c1-23(2)17(13-3-5-14(6-4-13)21(28)25-9-10-27)12-19(30-23)20-16-8-7-15(24)11-18(16)26-22(20)29/h3-8,11-12,27H,9-10H2,1-2H3,(H,25,28)(H,26,29). The second kappa shape index (κ2) is 7.42. The van der Waals surface area contributed by atoms with Crippen LogP contribution >= 0.6 is 0 Å². The Morgan fingerprint density at radius 3 is 2.63 bits per heavy atom. The van der Waals surface area contributed by atoms with Crippen molar-refractivity contribution >= 4 is 28.6 Å². The summed E-state index contributed by atoms with van der Waals surface area (Å²) in [6.07, 6.45) is 1.81. The van der Waals surface area contributed by atoms with Crippen molar-refractivity contribution in [1.29, 1.82) is 0 Å². The second-order valence-corrected chi connectivity index (χ2v) is 7.61. The average molecular weight is 408 g/mol. The Morgan fingerprint density at radius 2 is 1.93 bits per heavy atom. The molecule has 2 heterocycles. The van der Waals surface area contributed by atoms with Crippen molar-refractivity contribution in [3.63, 3.8) is 0 Å². The van der Waals surface area contributed by atoms with Gasteiger partial charge in [-0.2, -0.15) is 0 Å². The van der Waals surface area contributed by atoms with Crippen molar-refractivity contribution in [2.24, 2.45) is 0 Å². The molecule has 0 aromatic heterocycles. The number of benzene rings is 2. The van der Waals surface area contributed by atoms with Gasteiger partial charge in [0.2, 0.25) is 0 Å². The van der Waals surface area contributed by atoms with Gasteiger partial charge in [-0.05, 0) is 55.8 Å². The van der Waals surface area contributed by atoms with Gasteiger partial charge in [0.25, 0.3) is 11.8 Å². The number of ether oxygens (including phenoxy) is 1. The number of carbonyl (C=O) groups is 2. The normalized spacial score (nSPS) is 19.1. The summed E-state index contributed by atoms with van der Waals surface area (Å²) in [6.45, 7) is 3.86. The molecule has 30 heavy (non-hydrogen) atoms. The average Bonchev–Trinajstić information content (AvgIpc) is 3.20. The van der Waals surface area contributed by atoms with Gasteiger partial charge in [-0.25, -0.2) is 4.39 Å². The molecular formula is C23H21FN2O4. The first kappa shape index (κ1) is 19.8. The summed E-state index contributed by atoms with van der Waals surface area (Å²) in [7, 11) is 0. The van der Waals surface area contributed by atoms with Gasteiger partial charge in [0, 0.05) is 23.2 Å². The summed E-state index contributed by atoms with van der Waals surface area (Å²) in [5.41, 5.74) is 2.88. The van der Waals surface area contributed by atoms with E-state index in [1.165, 1.54) is 12.1 Å². The number of aliphatic hydroxyl groups is 1. The third-order valence-corrected chi connectivity index (χ3v) is 5.12. The minimum absolute atomic E-state index is 0.122. The van der Waals surface area contributed by atoms with E-state index >= 15 is 0 Å². The molecule has 7 heteroatoms. The van der Waals surface area contributed by atoms with Crippen LogP contribution in [0.3, 0.4) is 0 Å². The molecule has 0 saturated heterocycles. The topological polar surface area (TPSA) is 87.7 Å². The molecule has 0 aliphatic carbocycles. The lowest BCUT2D eigenvalue weighted by molar-refractivity contribution is -0.111. The number of anilines is 1. The van der Waals surface area contributed by atoms with Gasteiger partial charge in [0.05, 0.1) is 17.9 Å². The minimum Gasteiger partial charge on any atom is -0.482 e. The Bertz CT molecular complexity index is 1100. The Kier molecular flexibility index (Phi) is 4.91. The second-order valence-electron chi connectivity index (χ2n) is 7.61. The Morgan fingerprint density at radius 1 is 1.20 bits per heavy atom. The predicted molar refractivity (Wildman–Crippen MR) is 111 cm³/mol. The van der Waals surface area contributed by atoms with Crippen LogP contribution in [0.2, 0.25) is 0 Å². The number of carbonyl (C=O) groups excluding carboxylic acids is 2. The molecule has 154 valence electrons. The summed E-state index contributed by atoms with van der Waals surface area (Å²) in [4.78, 5) is 24.6. The van der Waals surface area contributed by atoms with Crippen LogP contribution in [-0.4, -0.2) is 35.7 Å². The van der Waals surface area contributed by atoms with Gasteiger partial charge in [-0.15, -0.1) is 0 Å². The molecule has 0 spiro atoms. The van der Waals surface area contributed by atoms with Crippen molar-refractivity contribution in [3.05, 3.63) is 76.8 Å². The first-order valence-electron chi connectivity index (χ1n) is 9.56. The van der Waals surface area contributed by atoms with Crippen molar-refractivity contribution in [1.82, 2.24) is 5.32 Å². The van der Waals surface area contributed by atoms with Gasteiger partial charge in [-0.1, -0.05) is 12.1 Å². The highest BCUT2D eigenvalue weighted by atomic mass is 19.1. The number of halogens is 1. The van der Waals surface area contributed by atoms with Crippen molar-refractivity contribution in [3.8, 4) is 0 Å². The molecule has 2 aromatic carbocycles. The van der Waals surface area contributed by atoms with E-state index in [0.29, 0.717) is 28.1 Å². The van der Waals surface area contributed by atoms with E-state index in [2.05, 4.69) is 10.6 Å². The summed E-state index contributed by atoms with van der Waals surface area (Å²) in [6, 6.07) is 11.2. The van der Waals surface area contributed by atoms with E-state index in [-0.39, 0.29) is 25.0 Å². The first-order chi connectivity index (χ1) is 14.3. The van der Waals surface area contributed by atoms with Crippen LogP contribution in [-0.2, 0) is 9.53 Å². The van der Waals surface area contributed by atoms with Crippen molar-refractivity contribution < 1.29 is 23.8 Å².